The molecule has 0 saturated carbocycles. The highest BCUT2D eigenvalue weighted by atomic mass is 79.9. The minimum Gasteiger partial charge on any atom is -0.459 e. The van der Waals surface area contributed by atoms with Gasteiger partial charge in [0.2, 0.25) is 0 Å². The number of carbonyl (C=O) groups excluding carboxylic acids is 1. The molecule has 7 heteroatoms. The molecule has 0 bridgehead atoms. The number of hydrogen-bond acceptors (Lipinski definition) is 6. The van der Waals surface area contributed by atoms with Crippen molar-refractivity contribution in [1.82, 2.24) is 10.2 Å². The molecule has 6 nitrogen and oxygen atoms in total. The van der Waals surface area contributed by atoms with E-state index in [1.54, 1.807) is 12.1 Å². The van der Waals surface area contributed by atoms with Gasteiger partial charge in [-0.05, 0) is 29.8 Å². The largest absolute Gasteiger partial charge is 0.459 e. The molecule has 0 fully saturated rings. The van der Waals surface area contributed by atoms with Gasteiger partial charge in [-0.1, -0.05) is 28.1 Å². The first kappa shape index (κ1) is 14.5. The van der Waals surface area contributed by atoms with Crippen molar-refractivity contribution in [3.63, 3.8) is 0 Å². The molecule has 0 N–H and O–H groups in total. The maximum Gasteiger partial charge on any atom is 0.310 e. The van der Waals surface area contributed by atoms with E-state index in [2.05, 4.69) is 26.1 Å². The number of benzene rings is 1. The fourth-order valence-corrected chi connectivity index (χ4v) is 2.04. The Labute approximate surface area is 134 Å². The average Bonchev–Trinajstić information content (AvgIpc) is 3.18. The van der Waals surface area contributed by atoms with E-state index in [-0.39, 0.29) is 30.8 Å². The van der Waals surface area contributed by atoms with Crippen LogP contribution in [0.25, 0.3) is 11.7 Å². The lowest BCUT2D eigenvalue weighted by Gasteiger charge is -2.02. The normalized spacial score (nSPS) is 10.6. The molecule has 2 heterocycles. The zero-order chi connectivity index (χ0) is 15.4. The molecule has 112 valence electrons. The number of furan rings is 1. The van der Waals surface area contributed by atoms with E-state index in [9.17, 15) is 4.79 Å². The van der Waals surface area contributed by atoms with Crippen LogP contribution in [0.1, 0.15) is 11.5 Å². The summed E-state index contributed by atoms with van der Waals surface area (Å²) in [7, 11) is 0. The quantitative estimate of drug-likeness (QED) is 0.647. The van der Waals surface area contributed by atoms with Crippen molar-refractivity contribution >= 4 is 21.9 Å². The predicted octanol–water partition coefficient (Wildman–Crippen LogP) is 3.38. The van der Waals surface area contributed by atoms with E-state index >= 15 is 0 Å². The molecule has 0 saturated heterocycles. The van der Waals surface area contributed by atoms with E-state index in [1.807, 2.05) is 24.3 Å². The third kappa shape index (κ3) is 3.62. The molecule has 3 aromatic rings. The highest BCUT2D eigenvalue weighted by molar-refractivity contribution is 9.10. The highest BCUT2D eigenvalue weighted by Crippen LogP contribution is 2.18. The summed E-state index contributed by atoms with van der Waals surface area (Å²) in [5, 5.41) is 7.63. The lowest BCUT2D eigenvalue weighted by Crippen LogP contribution is -2.08. The van der Waals surface area contributed by atoms with Crippen molar-refractivity contribution in [2.75, 3.05) is 0 Å². The third-order valence-electron chi connectivity index (χ3n) is 2.82. The van der Waals surface area contributed by atoms with Gasteiger partial charge < -0.3 is 13.6 Å². The smallest absolute Gasteiger partial charge is 0.310 e. The van der Waals surface area contributed by atoms with Gasteiger partial charge in [-0.25, -0.2) is 0 Å². The number of nitrogens with zero attached hydrogens (tertiary/aromatic N) is 2. The van der Waals surface area contributed by atoms with Crippen molar-refractivity contribution in [2.45, 2.75) is 13.0 Å². The van der Waals surface area contributed by atoms with Gasteiger partial charge in [-0.3, -0.25) is 4.79 Å². The van der Waals surface area contributed by atoms with E-state index in [0.29, 0.717) is 5.76 Å². The molecule has 1 aromatic carbocycles. The van der Waals surface area contributed by atoms with Gasteiger partial charge >= 0.3 is 5.97 Å². The first-order valence-corrected chi connectivity index (χ1v) is 7.26. The Balaban J connectivity index is 1.54. The van der Waals surface area contributed by atoms with Crippen LogP contribution in [-0.4, -0.2) is 16.2 Å². The van der Waals surface area contributed by atoms with Gasteiger partial charge in [0.1, 0.15) is 0 Å². The zero-order valence-corrected chi connectivity index (χ0v) is 12.9. The monoisotopic (exact) mass is 362 g/mol. The molecule has 0 radical (unpaired) electrons. The van der Waals surface area contributed by atoms with E-state index in [4.69, 9.17) is 13.6 Å². The predicted molar refractivity (Wildman–Crippen MR) is 79.6 cm³/mol. The number of halogens is 1. The third-order valence-corrected chi connectivity index (χ3v) is 3.35. The standard InChI is InChI=1S/C15H11BrN2O4/c16-11-5-3-10(4-6-11)8-14(19)21-9-13-17-18-15(22-13)12-2-1-7-20-12/h1-7H,8-9H2. The van der Waals surface area contributed by atoms with Crippen molar-refractivity contribution in [1.29, 1.82) is 0 Å². The Morgan fingerprint density at radius 1 is 1.18 bits per heavy atom. The van der Waals surface area contributed by atoms with Crippen LogP contribution in [0.2, 0.25) is 0 Å². The SMILES string of the molecule is O=C(Cc1ccc(Br)cc1)OCc1nnc(-c2ccco2)o1. The van der Waals surface area contributed by atoms with Crippen LogP contribution in [0.3, 0.4) is 0 Å². The fourth-order valence-electron chi connectivity index (χ4n) is 1.77. The van der Waals surface area contributed by atoms with E-state index in [0.717, 1.165) is 10.0 Å². The lowest BCUT2D eigenvalue weighted by atomic mass is 10.2. The minimum absolute atomic E-state index is 0.0664. The summed E-state index contributed by atoms with van der Waals surface area (Å²) in [4.78, 5) is 11.8. The molecular formula is C15H11BrN2O4. The first-order chi connectivity index (χ1) is 10.7. The number of aromatic nitrogens is 2. The first-order valence-electron chi connectivity index (χ1n) is 6.47. The highest BCUT2D eigenvalue weighted by Gasteiger charge is 2.12. The van der Waals surface area contributed by atoms with Gasteiger partial charge in [0, 0.05) is 4.47 Å². The molecule has 0 aliphatic heterocycles. The van der Waals surface area contributed by atoms with Crippen molar-refractivity contribution < 1.29 is 18.4 Å². The maximum atomic E-state index is 11.8. The van der Waals surface area contributed by atoms with Gasteiger partial charge in [0.05, 0.1) is 12.7 Å². The Bertz CT molecular complexity index is 750. The second-order valence-electron chi connectivity index (χ2n) is 4.44. The van der Waals surface area contributed by atoms with Crippen LogP contribution in [-0.2, 0) is 22.6 Å². The van der Waals surface area contributed by atoms with E-state index in [1.165, 1.54) is 6.26 Å². The molecule has 0 aliphatic rings. The summed E-state index contributed by atoms with van der Waals surface area (Å²) < 4.78 is 16.6. The molecule has 0 spiro atoms. The molecule has 3 rings (SSSR count). The van der Waals surface area contributed by atoms with Gasteiger partial charge in [0.15, 0.2) is 12.4 Å². The van der Waals surface area contributed by atoms with Crippen LogP contribution in [0, 0.1) is 0 Å². The van der Waals surface area contributed by atoms with Crippen LogP contribution < -0.4 is 0 Å². The van der Waals surface area contributed by atoms with Crippen LogP contribution in [0.5, 0.6) is 0 Å². The molecule has 0 atom stereocenters. The zero-order valence-electron chi connectivity index (χ0n) is 11.4. The second-order valence-corrected chi connectivity index (χ2v) is 5.36. The van der Waals surface area contributed by atoms with Crippen molar-refractivity contribution in [2.24, 2.45) is 0 Å². The summed E-state index contributed by atoms with van der Waals surface area (Å²) in [5.41, 5.74) is 0.870. The van der Waals surface area contributed by atoms with E-state index < -0.39 is 0 Å². The molecular weight excluding hydrogens is 352 g/mol. The van der Waals surface area contributed by atoms with Crippen LogP contribution in [0.15, 0.2) is 56.0 Å². The summed E-state index contributed by atoms with van der Waals surface area (Å²) in [5.74, 6) is 0.583. The molecule has 2 aromatic heterocycles. The Kier molecular flexibility index (Phi) is 4.34. The number of hydrogen-bond donors (Lipinski definition) is 0. The average molecular weight is 363 g/mol. The fraction of sp³-hybridized carbons (Fsp3) is 0.133. The van der Waals surface area contributed by atoms with Crippen molar-refractivity contribution in [3.05, 3.63) is 58.6 Å². The van der Waals surface area contributed by atoms with Gasteiger partial charge in [-0.2, -0.15) is 0 Å². The molecule has 22 heavy (non-hydrogen) atoms. The summed E-state index contributed by atoms with van der Waals surface area (Å²) in [6.07, 6.45) is 1.70. The maximum absolute atomic E-state index is 11.8. The lowest BCUT2D eigenvalue weighted by molar-refractivity contribution is -0.144. The Morgan fingerprint density at radius 2 is 2.00 bits per heavy atom. The summed E-state index contributed by atoms with van der Waals surface area (Å²) >= 11 is 3.34. The number of ether oxygens (including phenoxy) is 1. The van der Waals surface area contributed by atoms with Crippen molar-refractivity contribution in [3.8, 4) is 11.7 Å². The molecule has 0 amide bonds. The van der Waals surface area contributed by atoms with Crippen LogP contribution in [0.4, 0.5) is 0 Å². The topological polar surface area (TPSA) is 78.4 Å². The molecule has 0 unspecified atom stereocenters. The number of carbonyl (C=O) groups is 1. The Hall–Kier alpha value is -2.41. The Morgan fingerprint density at radius 3 is 2.73 bits per heavy atom. The summed E-state index contributed by atoms with van der Waals surface area (Å²) in [6.45, 7) is -0.0664. The number of rotatable bonds is 5. The minimum atomic E-state index is -0.361. The second kappa shape index (κ2) is 6.57. The van der Waals surface area contributed by atoms with Gasteiger partial charge in [-0.15, -0.1) is 10.2 Å². The van der Waals surface area contributed by atoms with Gasteiger partial charge in [0.25, 0.3) is 11.8 Å². The van der Waals surface area contributed by atoms with Crippen LogP contribution >= 0.6 is 15.9 Å². The number of esters is 1. The molecule has 0 aliphatic carbocycles. The summed E-state index contributed by atoms with van der Waals surface area (Å²) in [6, 6.07) is 10.9.